The third kappa shape index (κ3) is 2.32. The van der Waals surface area contributed by atoms with Crippen LogP contribution in [0.5, 0.6) is 0 Å². The maximum Gasteiger partial charge on any atom is 0.146 e. The fraction of sp³-hybridized carbons (Fsp3) is 0.273. The molecule has 3 aromatic rings. The summed E-state index contributed by atoms with van der Waals surface area (Å²) in [6.07, 6.45) is 1.53. The zero-order valence-corrected chi connectivity index (χ0v) is 12.8. The molecule has 1 aromatic carbocycles. The summed E-state index contributed by atoms with van der Waals surface area (Å²) in [6.45, 7) is 3.27. The Morgan fingerprint density at radius 2 is 2.05 bits per heavy atom. The molecule has 0 aliphatic carbocycles. The topological polar surface area (TPSA) is 68.5 Å². The van der Waals surface area contributed by atoms with Crippen molar-refractivity contribution in [2.75, 3.05) is 5.32 Å². The van der Waals surface area contributed by atoms with Crippen LogP contribution in [0.15, 0.2) is 12.4 Å². The highest BCUT2D eigenvalue weighted by Crippen LogP contribution is 2.35. The first kappa shape index (κ1) is 13.5. The quantitative estimate of drug-likeness (QED) is 0.796. The second-order valence-electron chi connectivity index (χ2n) is 4.02. The van der Waals surface area contributed by atoms with Crippen LogP contribution in [0.4, 0.5) is 5.69 Å². The number of halogens is 2. The molecule has 1 N–H and O–H groups in total. The molecule has 20 heavy (non-hydrogen) atoms. The van der Waals surface area contributed by atoms with Gasteiger partial charge in [-0.25, -0.2) is 9.67 Å². The molecule has 0 fully saturated rings. The van der Waals surface area contributed by atoms with Crippen molar-refractivity contribution in [3.05, 3.63) is 28.3 Å². The van der Waals surface area contributed by atoms with E-state index in [1.807, 2.05) is 11.6 Å². The van der Waals surface area contributed by atoms with E-state index in [1.165, 1.54) is 6.33 Å². The van der Waals surface area contributed by atoms with Crippen LogP contribution in [0.3, 0.4) is 0 Å². The molecular formula is C11H10Cl2N6S. The van der Waals surface area contributed by atoms with Crippen molar-refractivity contribution in [2.45, 2.75) is 20.0 Å². The first-order valence-electron chi connectivity index (χ1n) is 5.91. The van der Waals surface area contributed by atoms with Crippen molar-refractivity contribution < 1.29 is 0 Å². The van der Waals surface area contributed by atoms with Crippen LogP contribution >= 0.6 is 34.9 Å². The Labute approximate surface area is 129 Å². The number of nitrogens with zero attached hydrogens (tertiary/aromatic N) is 5. The fourth-order valence-corrected chi connectivity index (χ4v) is 3.08. The lowest BCUT2D eigenvalue weighted by molar-refractivity contribution is 0.622. The molecule has 0 aliphatic rings. The molecule has 0 radical (unpaired) electrons. The van der Waals surface area contributed by atoms with Crippen LogP contribution in [-0.2, 0) is 13.1 Å². The first-order valence-corrected chi connectivity index (χ1v) is 7.40. The van der Waals surface area contributed by atoms with Crippen LogP contribution in [-0.4, -0.2) is 23.5 Å². The molecule has 3 rings (SSSR count). The maximum atomic E-state index is 6.23. The summed E-state index contributed by atoms with van der Waals surface area (Å²) in [4.78, 5) is 4.20. The summed E-state index contributed by atoms with van der Waals surface area (Å²) in [5.41, 5.74) is 2.04. The predicted molar refractivity (Wildman–Crippen MR) is 80.5 cm³/mol. The average molecular weight is 329 g/mol. The lowest BCUT2D eigenvalue weighted by atomic mass is 10.2. The van der Waals surface area contributed by atoms with Gasteiger partial charge < -0.3 is 5.32 Å². The largest absolute Gasteiger partial charge is 0.375 e. The third-order valence-electron chi connectivity index (χ3n) is 2.86. The second kappa shape index (κ2) is 5.51. The number of hydrogen-bond acceptors (Lipinski definition) is 6. The minimum absolute atomic E-state index is 0.501. The van der Waals surface area contributed by atoms with E-state index in [0.29, 0.717) is 33.3 Å². The van der Waals surface area contributed by atoms with Crippen LogP contribution in [0.1, 0.15) is 12.7 Å². The number of hydrogen-bond donors (Lipinski definition) is 1. The fourth-order valence-electron chi connectivity index (χ4n) is 1.90. The predicted octanol–water partition coefficient (Wildman–Crippen LogP) is 3.22. The summed E-state index contributed by atoms with van der Waals surface area (Å²) >= 11 is 13.4. The number of aromatic nitrogens is 5. The van der Waals surface area contributed by atoms with Crippen LogP contribution < -0.4 is 5.32 Å². The first-order chi connectivity index (χ1) is 9.70. The van der Waals surface area contributed by atoms with Crippen molar-refractivity contribution in [3.63, 3.8) is 0 Å². The minimum Gasteiger partial charge on any atom is -0.375 e. The Kier molecular flexibility index (Phi) is 3.73. The second-order valence-corrected chi connectivity index (χ2v) is 5.37. The summed E-state index contributed by atoms with van der Waals surface area (Å²) < 4.78 is 10.2. The van der Waals surface area contributed by atoms with E-state index in [-0.39, 0.29) is 0 Å². The molecular weight excluding hydrogens is 319 g/mol. The standard InChI is InChI=1S/C11H10Cl2N6S/c1-2-19-8(15-5-16-19)4-14-9-6(12)3-7(13)10-11(9)18-20-17-10/h3,5,14H,2,4H2,1H3. The molecule has 0 atom stereocenters. The lowest BCUT2D eigenvalue weighted by Gasteiger charge is -2.09. The number of rotatable bonds is 4. The van der Waals surface area contributed by atoms with Gasteiger partial charge in [0, 0.05) is 6.54 Å². The van der Waals surface area contributed by atoms with Crippen LogP contribution in [0.2, 0.25) is 10.0 Å². The van der Waals surface area contributed by atoms with Crippen LogP contribution in [0, 0.1) is 0 Å². The van der Waals surface area contributed by atoms with Crippen molar-refractivity contribution in [1.82, 2.24) is 23.5 Å². The zero-order valence-electron chi connectivity index (χ0n) is 10.5. The molecule has 2 heterocycles. The van der Waals surface area contributed by atoms with E-state index >= 15 is 0 Å². The zero-order chi connectivity index (χ0) is 14.1. The number of fused-ring (bicyclic) bond motifs is 1. The number of nitrogens with one attached hydrogen (secondary N) is 1. The number of aryl methyl sites for hydroxylation is 1. The molecule has 0 saturated carbocycles. The van der Waals surface area contributed by atoms with E-state index in [4.69, 9.17) is 23.2 Å². The van der Waals surface area contributed by atoms with Gasteiger partial charge in [-0.15, -0.1) is 0 Å². The van der Waals surface area contributed by atoms with Gasteiger partial charge in [0.15, 0.2) is 0 Å². The minimum atomic E-state index is 0.501. The smallest absolute Gasteiger partial charge is 0.146 e. The Balaban J connectivity index is 1.93. The van der Waals surface area contributed by atoms with E-state index in [9.17, 15) is 0 Å². The summed E-state index contributed by atoms with van der Waals surface area (Å²) in [5, 5.41) is 8.37. The SMILES string of the molecule is CCn1ncnc1CNc1c(Cl)cc(Cl)c2nsnc12. The Bertz CT molecular complexity index is 753. The molecule has 0 saturated heterocycles. The monoisotopic (exact) mass is 328 g/mol. The Morgan fingerprint density at radius 3 is 2.85 bits per heavy atom. The van der Waals surface area contributed by atoms with Gasteiger partial charge in [-0.1, -0.05) is 23.2 Å². The number of anilines is 1. The van der Waals surface area contributed by atoms with Gasteiger partial charge in [0.2, 0.25) is 0 Å². The molecule has 0 unspecified atom stereocenters. The van der Waals surface area contributed by atoms with Gasteiger partial charge in [-0.3, -0.25) is 0 Å². The van der Waals surface area contributed by atoms with Gasteiger partial charge >= 0.3 is 0 Å². The highest BCUT2D eigenvalue weighted by atomic mass is 35.5. The van der Waals surface area contributed by atoms with Gasteiger partial charge in [-0.05, 0) is 13.0 Å². The number of benzene rings is 1. The summed E-state index contributed by atoms with van der Waals surface area (Å²) in [6, 6.07) is 1.67. The molecule has 6 nitrogen and oxygen atoms in total. The van der Waals surface area contributed by atoms with Gasteiger partial charge in [-0.2, -0.15) is 13.8 Å². The molecule has 0 amide bonds. The Morgan fingerprint density at radius 1 is 1.25 bits per heavy atom. The van der Waals surface area contributed by atoms with Gasteiger partial charge in [0.25, 0.3) is 0 Å². The third-order valence-corrected chi connectivity index (χ3v) is 3.98. The van der Waals surface area contributed by atoms with E-state index in [2.05, 4.69) is 24.1 Å². The van der Waals surface area contributed by atoms with Crippen molar-refractivity contribution >= 4 is 51.7 Å². The molecule has 0 spiro atoms. The normalized spacial score (nSPS) is 11.2. The lowest BCUT2D eigenvalue weighted by Crippen LogP contribution is -2.09. The summed E-state index contributed by atoms with van der Waals surface area (Å²) in [7, 11) is 0. The van der Waals surface area contributed by atoms with Gasteiger partial charge in [0.05, 0.1) is 34.0 Å². The average Bonchev–Trinajstić information content (AvgIpc) is 3.06. The van der Waals surface area contributed by atoms with Crippen molar-refractivity contribution in [1.29, 1.82) is 0 Å². The molecule has 2 aromatic heterocycles. The Hall–Kier alpha value is -1.44. The molecule has 9 heteroatoms. The van der Waals surface area contributed by atoms with Crippen LogP contribution in [0.25, 0.3) is 11.0 Å². The highest BCUT2D eigenvalue weighted by Gasteiger charge is 2.14. The van der Waals surface area contributed by atoms with Gasteiger partial charge in [0.1, 0.15) is 23.2 Å². The molecule has 104 valence electrons. The molecule has 0 aliphatic heterocycles. The van der Waals surface area contributed by atoms with E-state index < -0.39 is 0 Å². The van der Waals surface area contributed by atoms with E-state index in [1.54, 1.807) is 6.07 Å². The maximum absolute atomic E-state index is 6.23. The van der Waals surface area contributed by atoms with Crippen molar-refractivity contribution in [3.8, 4) is 0 Å². The van der Waals surface area contributed by atoms with E-state index in [0.717, 1.165) is 24.1 Å². The molecule has 0 bridgehead atoms. The highest BCUT2D eigenvalue weighted by molar-refractivity contribution is 7.00. The summed E-state index contributed by atoms with van der Waals surface area (Å²) in [5.74, 6) is 0.829. The van der Waals surface area contributed by atoms with Crippen molar-refractivity contribution in [2.24, 2.45) is 0 Å².